The number of nitrogens with one attached hydrogen (secondary N) is 1. The molecule has 0 spiro atoms. The molecule has 0 radical (unpaired) electrons. The fourth-order valence-electron chi connectivity index (χ4n) is 5.47. The number of fused-ring (bicyclic) bond motifs is 1. The van der Waals surface area contributed by atoms with Crippen molar-refractivity contribution in [2.24, 2.45) is 17.6 Å². The number of carbonyl (C=O) groups excluding carboxylic acids is 2. The number of carbonyl (C=O) groups is 2. The molecular formula is C31H30N8O2. The molecule has 0 bridgehead atoms. The number of aromatic nitrogens is 5. The molecule has 1 aliphatic rings. The van der Waals surface area contributed by atoms with E-state index in [4.69, 9.17) is 26.4 Å². The molecular weight excluding hydrogens is 516 g/mol. The molecule has 41 heavy (non-hydrogen) atoms. The van der Waals surface area contributed by atoms with Crippen LogP contribution in [0.25, 0.3) is 39.5 Å². The van der Waals surface area contributed by atoms with E-state index in [1.807, 2.05) is 72.2 Å². The van der Waals surface area contributed by atoms with Crippen molar-refractivity contribution < 1.29 is 9.59 Å². The Hall–Kier alpha value is -5.12. The Kier molecular flexibility index (Phi) is 6.88. The number of anilines is 2. The van der Waals surface area contributed by atoms with E-state index < -0.39 is 0 Å². The minimum atomic E-state index is -0.290. The number of rotatable bonds is 6. The summed E-state index contributed by atoms with van der Waals surface area (Å²) in [5.74, 6) is 0.691. The highest BCUT2D eigenvalue weighted by Gasteiger charge is 2.29. The predicted molar refractivity (Wildman–Crippen MR) is 158 cm³/mol. The van der Waals surface area contributed by atoms with E-state index in [9.17, 15) is 9.59 Å². The highest BCUT2D eigenvalue weighted by atomic mass is 16.2. The minimum absolute atomic E-state index is 0.0985. The number of nitrogen functional groups attached to an aromatic ring is 1. The van der Waals surface area contributed by atoms with Gasteiger partial charge in [0.25, 0.3) is 0 Å². The van der Waals surface area contributed by atoms with Gasteiger partial charge in [0, 0.05) is 23.6 Å². The number of imidazole rings is 1. The number of hydrogen-bond donors (Lipinski definition) is 3. The largest absolute Gasteiger partial charge is 0.383 e. The summed E-state index contributed by atoms with van der Waals surface area (Å²) in [6.45, 7) is 1.88. The van der Waals surface area contributed by atoms with E-state index in [-0.39, 0.29) is 23.7 Å². The van der Waals surface area contributed by atoms with Gasteiger partial charge in [0.15, 0.2) is 11.5 Å². The molecule has 2 amide bonds. The van der Waals surface area contributed by atoms with Gasteiger partial charge in [0.1, 0.15) is 17.2 Å². The monoisotopic (exact) mass is 546 g/mol. The van der Waals surface area contributed by atoms with Crippen LogP contribution in [-0.2, 0) is 9.59 Å². The number of hydrogen-bond acceptors (Lipinski definition) is 7. The Labute approximate surface area is 236 Å². The summed E-state index contributed by atoms with van der Waals surface area (Å²) >= 11 is 0. The van der Waals surface area contributed by atoms with Gasteiger partial charge in [-0.25, -0.2) is 19.9 Å². The first-order chi connectivity index (χ1) is 19.9. The second-order valence-electron chi connectivity index (χ2n) is 10.4. The van der Waals surface area contributed by atoms with Crippen LogP contribution in [0.2, 0.25) is 0 Å². The molecule has 6 rings (SSSR count). The fraction of sp³-hybridized carbons (Fsp3) is 0.226. The summed E-state index contributed by atoms with van der Waals surface area (Å²) in [5, 5.41) is 2.96. The average Bonchev–Trinajstić information content (AvgIpc) is 3.36. The molecule has 0 saturated heterocycles. The quantitative estimate of drug-likeness (QED) is 0.280. The van der Waals surface area contributed by atoms with E-state index in [1.165, 1.54) is 0 Å². The summed E-state index contributed by atoms with van der Waals surface area (Å²) in [5.41, 5.74) is 17.0. The maximum absolute atomic E-state index is 13.0. The van der Waals surface area contributed by atoms with Crippen LogP contribution in [0.1, 0.15) is 31.4 Å². The van der Waals surface area contributed by atoms with Crippen LogP contribution in [0.15, 0.2) is 72.9 Å². The van der Waals surface area contributed by atoms with Crippen molar-refractivity contribution >= 4 is 34.6 Å². The molecule has 10 heteroatoms. The molecule has 206 valence electrons. The fourth-order valence-corrected chi connectivity index (χ4v) is 5.47. The van der Waals surface area contributed by atoms with Crippen molar-refractivity contribution in [1.82, 2.24) is 24.5 Å². The maximum atomic E-state index is 13.0. The van der Waals surface area contributed by atoms with Crippen molar-refractivity contribution in [2.45, 2.75) is 32.6 Å². The van der Waals surface area contributed by atoms with E-state index in [0.29, 0.717) is 65.6 Å². The summed E-state index contributed by atoms with van der Waals surface area (Å²) in [4.78, 5) is 43.3. The van der Waals surface area contributed by atoms with Crippen LogP contribution in [0.5, 0.6) is 0 Å². The predicted octanol–water partition coefficient (Wildman–Crippen LogP) is 4.67. The number of pyridine rings is 3. The first kappa shape index (κ1) is 26.1. The molecule has 4 aromatic heterocycles. The second kappa shape index (κ2) is 10.8. The third-order valence-electron chi connectivity index (χ3n) is 7.70. The summed E-state index contributed by atoms with van der Waals surface area (Å²) in [7, 11) is 0. The third-order valence-corrected chi connectivity index (χ3v) is 7.70. The lowest BCUT2D eigenvalue weighted by Crippen LogP contribution is -2.32. The van der Waals surface area contributed by atoms with Crippen LogP contribution in [0.3, 0.4) is 0 Å². The van der Waals surface area contributed by atoms with Crippen LogP contribution >= 0.6 is 0 Å². The third kappa shape index (κ3) is 5.11. The molecule has 5 aromatic rings. The number of nitrogens with zero attached hydrogens (tertiary/aromatic N) is 5. The van der Waals surface area contributed by atoms with Crippen LogP contribution < -0.4 is 16.8 Å². The molecule has 0 atom stereocenters. The first-order valence-electron chi connectivity index (χ1n) is 13.6. The van der Waals surface area contributed by atoms with Gasteiger partial charge < -0.3 is 16.8 Å². The molecule has 1 saturated carbocycles. The van der Waals surface area contributed by atoms with Crippen molar-refractivity contribution in [3.8, 4) is 28.3 Å². The lowest BCUT2D eigenvalue weighted by atomic mass is 9.81. The highest BCUT2D eigenvalue weighted by Crippen LogP contribution is 2.33. The Balaban J connectivity index is 1.38. The zero-order valence-electron chi connectivity index (χ0n) is 22.6. The van der Waals surface area contributed by atoms with Gasteiger partial charge >= 0.3 is 0 Å². The van der Waals surface area contributed by atoms with E-state index in [2.05, 4.69) is 10.3 Å². The van der Waals surface area contributed by atoms with Gasteiger partial charge in [-0.2, -0.15) is 0 Å². The molecule has 10 nitrogen and oxygen atoms in total. The molecule has 5 N–H and O–H groups in total. The second-order valence-corrected chi connectivity index (χ2v) is 10.4. The van der Waals surface area contributed by atoms with Gasteiger partial charge in [-0.15, -0.1) is 0 Å². The van der Waals surface area contributed by atoms with Crippen molar-refractivity contribution in [3.63, 3.8) is 0 Å². The number of aryl methyl sites for hydroxylation is 1. The van der Waals surface area contributed by atoms with Gasteiger partial charge in [0.2, 0.25) is 11.8 Å². The zero-order valence-corrected chi connectivity index (χ0v) is 22.6. The first-order valence-corrected chi connectivity index (χ1v) is 13.6. The van der Waals surface area contributed by atoms with Gasteiger partial charge in [0.05, 0.1) is 22.6 Å². The lowest BCUT2D eigenvalue weighted by Gasteiger charge is -2.25. The van der Waals surface area contributed by atoms with Crippen LogP contribution in [0, 0.1) is 18.8 Å². The van der Waals surface area contributed by atoms with Crippen LogP contribution in [0.4, 0.5) is 11.6 Å². The van der Waals surface area contributed by atoms with Crippen molar-refractivity contribution in [1.29, 1.82) is 0 Å². The number of amides is 2. The Bertz CT molecular complexity index is 1760. The standard InChI is InChI=1S/C31H30N8O2/c1-18-25(15-16-26(35-18)38-31(41)21-11-9-20(10-12-21)28(33)40)39-29(22-8-5-17-34-27(22)32)37-24-14-13-23(36-30(24)39)19-6-3-2-4-7-19/h2-8,13-17,20-21H,9-12H2,1H3,(H2,32,34)(H2,33,40)(H,35,38,41). The summed E-state index contributed by atoms with van der Waals surface area (Å²) < 4.78 is 1.94. The van der Waals surface area contributed by atoms with Gasteiger partial charge in [-0.3, -0.25) is 14.2 Å². The Morgan fingerprint density at radius 1 is 0.878 bits per heavy atom. The number of primary amides is 1. The lowest BCUT2D eigenvalue weighted by molar-refractivity contribution is -0.126. The Morgan fingerprint density at radius 2 is 1.63 bits per heavy atom. The molecule has 4 heterocycles. The summed E-state index contributed by atoms with van der Waals surface area (Å²) in [6.07, 6.45) is 4.16. The number of benzene rings is 1. The smallest absolute Gasteiger partial charge is 0.228 e. The summed E-state index contributed by atoms with van der Waals surface area (Å²) in [6, 6.07) is 21.2. The molecule has 0 unspecified atom stereocenters. The van der Waals surface area contributed by atoms with E-state index in [0.717, 1.165) is 16.9 Å². The van der Waals surface area contributed by atoms with Crippen molar-refractivity contribution in [2.75, 3.05) is 11.1 Å². The number of nitrogens with two attached hydrogens (primary N) is 2. The zero-order chi connectivity index (χ0) is 28.5. The minimum Gasteiger partial charge on any atom is -0.383 e. The Morgan fingerprint density at radius 3 is 2.34 bits per heavy atom. The van der Waals surface area contributed by atoms with Gasteiger partial charge in [-0.05, 0) is 69.0 Å². The van der Waals surface area contributed by atoms with E-state index in [1.54, 1.807) is 12.3 Å². The highest BCUT2D eigenvalue weighted by molar-refractivity contribution is 5.92. The van der Waals surface area contributed by atoms with E-state index >= 15 is 0 Å². The molecule has 1 fully saturated rings. The molecule has 1 aromatic carbocycles. The van der Waals surface area contributed by atoms with Crippen molar-refractivity contribution in [3.05, 3.63) is 78.6 Å². The average molecular weight is 547 g/mol. The van der Waals surface area contributed by atoms with Gasteiger partial charge in [-0.1, -0.05) is 30.3 Å². The topological polar surface area (TPSA) is 155 Å². The SMILES string of the molecule is Cc1nc(NC(=O)C2CCC(C(N)=O)CC2)ccc1-n1c(-c2cccnc2N)nc2ccc(-c3ccccc3)nc21. The molecule has 0 aliphatic heterocycles. The van der Waals surface area contributed by atoms with Crippen LogP contribution in [-0.4, -0.2) is 36.3 Å². The molecule has 1 aliphatic carbocycles. The maximum Gasteiger partial charge on any atom is 0.228 e. The normalized spacial score (nSPS) is 16.9.